The molecule has 0 bridgehead atoms. The quantitative estimate of drug-likeness (QED) is 0.457. The molecule has 2 aromatic carbocycles. The third kappa shape index (κ3) is 4.19. The highest BCUT2D eigenvalue weighted by molar-refractivity contribution is 14.1. The summed E-state index contributed by atoms with van der Waals surface area (Å²) in [7, 11) is 1.68. The second-order valence-corrected chi connectivity index (χ2v) is 5.90. The zero-order valence-corrected chi connectivity index (χ0v) is 13.6. The second kappa shape index (κ2) is 7.61. The van der Waals surface area contributed by atoms with E-state index in [-0.39, 0.29) is 6.04 Å². The Hall–Kier alpha value is -1.11. The lowest BCUT2D eigenvalue weighted by Crippen LogP contribution is -2.28. The fourth-order valence-corrected chi connectivity index (χ4v) is 2.50. The topological polar surface area (TPSA) is 47.3 Å². The van der Waals surface area contributed by atoms with Crippen LogP contribution in [0.3, 0.4) is 0 Å². The van der Waals surface area contributed by atoms with E-state index in [0.29, 0.717) is 0 Å². The molecule has 3 N–H and O–H groups in total. The van der Waals surface area contributed by atoms with E-state index >= 15 is 0 Å². The summed E-state index contributed by atoms with van der Waals surface area (Å²) in [5.41, 5.74) is 5.42. The van der Waals surface area contributed by atoms with Crippen LogP contribution in [-0.4, -0.2) is 7.11 Å². The van der Waals surface area contributed by atoms with Gasteiger partial charge >= 0.3 is 0 Å². The van der Waals surface area contributed by atoms with E-state index in [1.165, 1.54) is 14.7 Å². The largest absolute Gasteiger partial charge is 0.497 e. The molecule has 20 heavy (non-hydrogen) atoms. The molecule has 0 heterocycles. The van der Waals surface area contributed by atoms with Crippen LogP contribution in [-0.2, 0) is 6.42 Å². The highest BCUT2D eigenvalue weighted by Crippen LogP contribution is 2.20. The fourth-order valence-electron chi connectivity index (χ4n) is 2.14. The van der Waals surface area contributed by atoms with Crippen molar-refractivity contribution in [3.63, 3.8) is 0 Å². The zero-order chi connectivity index (χ0) is 14.4. The molecular formula is C16H19IN2O. The molecule has 0 saturated carbocycles. The van der Waals surface area contributed by atoms with E-state index in [2.05, 4.69) is 64.4 Å². The molecule has 3 nitrogen and oxygen atoms in total. The van der Waals surface area contributed by atoms with Crippen molar-refractivity contribution in [2.75, 3.05) is 7.11 Å². The van der Waals surface area contributed by atoms with Gasteiger partial charge < -0.3 is 4.74 Å². The van der Waals surface area contributed by atoms with Gasteiger partial charge in [-0.25, -0.2) is 0 Å². The third-order valence-corrected chi connectivity index (χ3v) is 4.07. The van der Waals surface area contributed by atoms with Crippen LogP contribution in [0.4, 0.5) is 0 Å². The fraction of sp³-hybridized carbons (Fsp3) is 0.250. The van der Waals surface area contributed by atoms with Crippen LogP contribution in [0.15, 0.2) is 48.5 Å². The molecule has 2 aromatic rings. The van der Waals surface area contributed by atoms with Crippen molar-refractivity contribution in [1.82, 2.24) is 5.43 Å². The Kier molecular flexibility index (Phi) is 5.82. The molecule has 4 heteroatoms. The number of ether oxygens (including phenoxy) is 1. The van der Waals surface area contributed by atoms with E-state index < -0.39 is 0 Å². The van der Waals surface area contributed by atoms with E-state index in [0.717, 1.165) is 18.6 Å². The maximum absolute atomic E-state index is 5.68. The predicted octanol–water partition coefficient (Wildman–Crippen LogP) is 3.44. The van der Waals surface area contributed by atoms with Crippen LogP contribution >= 0.6 is 22.6 Å². The molecule has 0 spiro atoms. The van der Waals surface area contributed by atoms with Gasteiger partial charge in [-0.3, -0.25) is 11.3 Å². The Balaban J connectivity index is 1.97. The number of hydrogen-bond acceptors (Lipinski definition) is 3. The Morgan fingerprint density at radius 1 is 1.10 bits per heavy atom. The van der Waals surface area contributed by atoms with E-state index in [1.807, 2.05) is 12.1 Å². The average Bonchev–Trinajstić information content (AvgIpc) is 2.50. The molecule has 0 aromatic heterocycles. The van der Waals surface area contributed by atoms with Crippen molar-refractivity contribution >= 4 is 22.6 Å². The van der Waals surface area contributed by atoms with Crippen molar-refractivity contribution < 1.29 is 4.74 Å². The smallest absolute Gasteiger partial charge is 0.118 e. The summed E-state index contributed by atoms with van der Waals surface area (Å²) < 4.78 is 6.40. The summed E-state index contributed by atoms with van der Waals surface area (Å²) in [5, 5.41) is 0. The molecule has 106 valence electrons. The number of rotatable bonds is 6. The van der Waals surface area contributed by atoms with Crippen LogP contribution < -0.4 is 16.0 Å². The summed E-state index contributed by atoms with van der Waals surface area (Å²) >= 11 is 2.31. The van der Waals surface area contributed by atoms with Gasteiger partial charge in [0.1, 0.15) is 5.75 Å². The van der Waals surface area contributed by atoms with Crippen molar-refractivity contribution in [2.24, 2.45) is 5.84 Å². The normalized spacial score (nSPS) is 12.2. The van der Waals surface area contributed by atoms with Crippen molar-refractivity contribution in [1.29, 1.82) is 0 Å². The van der Waals surface area contributed by atoms with Crippen LogP contribution in [0.5, 0.6) is 5.75 Å². The van der Waals surface area contributed by atoms with E-state index in [4.69, 9.17) is 10.6 Å². The molecule has 1 unspecified atom stereocenters. The minimum Gasteiger partial charge on any atom is -0.497 e. The van der Waals surface area contributed by atoms with Gasteiger partial charge in [-0.2, -0.15) is 0 Å². The van der Waals surface area contributed by atoms with Crippen LogP contribution in [0.2, 0.25) is 0 Å². The number of hydrazine groups is 1. The van der Waals surface area contributed by atoms with Crippen LogP contribution in [0.1, 0.15) is 23.6 Å². The van der Waals surface area contributed by atoms with E-state index in [1.54, 1.807) is 7.11 Å². The monoisotopic (exact) mass is 382 g/mol. The van der Waals surface area contributed by atoms with Crippen molar-refractivity contribution in [3.8, 4) is 5.75 Å². The first kappa shape index (κ1) is 15.3. The van der Waals surface area contributed by atoms with E-state index in [9.17, 15) is 0 Å². The van der Waals surface area contributed by atoms with Gasteiger partial charge in [-0.05, 0) is 70.8 Å². The summed E-state index contributed by atoms with van der Waals surface area (Å²) in [4.78, 5) is 0. The standard InChI is InChI=1S/C16H19IN2O/c1-20-15-9-2-12(3-10-15)4-11-16(19-18)13-5-7-14(17)8-6-13/h2-3,5-10,16,19H,4,11,18H2,1H3. The lowest BCUT2D eigenvalue weighted by atomic mass is 9.99. The van der Waals surface area contributed by atoms with Gasteiger partial charge in [0.05, 0.1) is 7.11 Å². The first-order valence-corrected chi connectivity index (χ1v) is 7.65. The highest BCUT2D eigenvalue weighted by atomic mass is 127. The van der Waals surface area contributed by atoms with Crippen LogP contribution in [0, 0.1) is 3.57 Å². The summed E-state index contributed by atoms with van der Waals surface area (Å²) in [6, 6.07) is 16.8. The number of methoxy groups -OCH3 is 1. The minimum absolute atomic E-state index is 0.175. The molecule has 0 fully saturated rings. The first-order valence-electron chi connectivity index (χ1n) is 6.57. The summed E-state index contributed by atoms with van der Waals surface area (Å²) in [5.74, 6) is 6.57. The average molecular weight is 382 g/mol. The molecule has 0 aliphatic heterocycles. The number of halogens is 1. The lowest BCUT2D eigenvalue weighted by Gasteiger charge is -2.16. The Labute approximate surface area is 133 Å². The van der Waals surface area contributed by atoms with Gasteiger partial charge in [0.15, 0.2) is 0 Å². The third-order valence-electron chi connectivity index (χ3n) is 3.35. The number of nitrogens with one attached hydrogen (secondary N) is 1. The molecule has 1 atom stereocenters. The number of aryl methyl sites for hydroxylation is 1. The molecule has 0 radical (unpaired) electrons. The highest BCUT2D eigenvalue weighted by Gasteiger charge is 2.09. The number of nitrogens with two attached hydrogens (primary N) is 1. The molecule has 2 rings (SSSR count). The second-order valence-electron chi connectivity index (χ2n) is 4.66. The lowest BCUT2D eigenvalue weighted by molar-refractivity contribution is 0.414. The Bertz CT molecular complexity index is 525. The molecule has 0 amide bonds. The zero-order valence-electron chi connectivity index (χ0n) is 11.5. The molecule has 0 aliphatic rings. The summed E-state index contributed by atoms with van der Waals surface area (Å²) in [6.07, 6.45) is 1.94. The van der Waals surface area contributed by atoms with Gasteiger partial charge in [-0.1, -0.05) is 24.3 Å². The van der Waals surface area contributed by atoms with Gasteiger partial charge in [0.2, 0.25) is 0 Å². The van der Waals surface area contributed by atoms with Crippen molar-refractivity contribution in [3.05, 3.63) is 63.2 Å². The van der Waals surface area contributed by atoms with Gasteiger partial charge in [0, 0.05) is 9.61 Å². The molecule has 0 aliphatic carbocycles. The minimum atomic E-state index is 0.175. The Morgan fingerprint density at radius 2 is 1.75 bits per heavy atom. The summed E-state index contributed by atoms with van der Waals surface area (Å²) in [6.45, 7) is 0. The van der Waals surface area contributed by atoms with Crippen LogP contribution in [0.25, 0.3) is 0 Å². The maximum Gasteiger partial charge on any atom is 0.118 e. The SMILES string of the molecule is COc1ccc(CCC(NN)c2ccc(I)cc2)cc1. The first-order chi connectivity index (χ1) is 9.72. The number of hydrogen-bond donors (Lipinski definition) is 2. The predicted molar refractivity (Wildman–Crippen MR) is 90.5 cm³/mol. The van der Waals surface area contributed by atoms with Gasteiger partial charge in [-0.15, -0.1) is 0 Å². The molecular weight excluding hydrogens is 363 g/mol. The van der Waals surface area contributed by atoms with Gasteiger partial charge in [0.25, 0.3) is 0 Å². The molecule has 0 saturated heterocycles. The maximum atomic E-state index is 5.68. The number of benzene rings is 2. The Morgan fingerprint density at radius 3 is 2.30 bits per heavy atom. The van der Waals surface area contributed by atoms with Crippen molar-refractivity contribution in [2.45, 2.75) is 18.9 Å².